The molecule has 0 saturated carbocycles. The van der Waals surface area contributed by atoms with Crippen molar-refractivity contribution >= 4 is 10.9 Å². The maximum atomic E-state index is 12.8. The maximum absolute atomic E-state index is 12.8. The summed E-state index contributed by atoms with van der Waals surface area (Å²) in [6, 6.07) is 6.37. The Morgan fingerprint density at radius 3 is 2.62 bits per heavy atom. The molecule has 3 aromatic rings. The molecule has 3 rings (SSSR count). The van der Waals surface area contributed by atoms with E-state index in [2.05, 4.69) is 15.0 Å². The lowest BCUT2D eigenvalue weighted by Gasteiger charge is -2.09. The number of aromatic amines is 1. The van der Waals surface area contributed by atoms with Crippen LogP contribution in [0, 0.1) is 0 Å². The third kappa shape index (κ3) is 2.49. The van der Waals surface area contributed by atoms with Crippen LogP contribution in [0.2, 0.25) is 0 Å². The number of hydrogen-bond donors (Lipinski definition) is 1. The smallest absolute Gasteiger partial charge is 0.305 e. The normalized spacial score (nSPS) is 11.8. The molecule has 106 valence electrons. The Kier molecular flexibility index (Phi) is 2.97. The zero-order valence-electron chi connectivity index (χ0n) is 10.5. The largest absolute Gasteiger partial charge is 0.416 e. The number of H-pyrrole nitrogens is 1. The van der Waals surface area contributed by atoms with Crippen LogP contribution in [0.25, 0.3) is 22.2 Å². The number of rotatable bonds is 1. The zero-order chi connectivity index (χ0) is 15.0. The van der Waals surface area contributed by atoms with E-state index in [4.69, 9.17) is 0 Å². The monoisotopic (exact) mass is 291 g/mol. The van der Waals surface area contributed by atoms with Gasteiger partial charge in [-0.1, -0.05) is 0 Å². The average molecular weight is 291 g/mol. The minimum Gasteiger partial charge on any atom is -0.305 e. The Morgan fingerprint density at radius 2 is 1.95 bits per heavy atom. The highest BCUT2D eigenvalue weighted by Crippen LogP contribution is 2.33. The lowest BCUT2D eigenvalue weighted by molar-refractivity contribution is -0.137. The molecule has 1 aromatic carbocycles. The number of alkyl halides is 3. The van der Waals surface area contributed by atoms with Crippen LogP contribution in [0.1, 0.15) is 5.56 Å². The van der Waals surface area contributed by atoms with Crippen LogP contribution in [0.4, 0.5) is 13.2 Å². The van der Waals surface area contributed by atoms with Gasteiger partial charge in [0.2, 0.25) is 0 Å². The van der Waals surface area contributed by atoms with Crippen LogP contribution in [0.3, 0.4) is 0 Å². The van der Waals surface area contributed by atoms with Crippen molar-refractivity contribution in [1.82, 2.24) is 15.0 Å². The van der Waals surface area contributed by atoms with Gasteiger partial charge in [-0.05, 0) is 30.3 Å². The van der Waals surface area contributed by atoms with Crippen molar-refractivity contribution in [3.63, 3.8) is 0 Å². The Labute approximate surface area is 116 Å². The first kappa shape index (κ1) is 13.3. The Morgan fingerprint density at radius 1 is 1.14 bits per heavy atom. The summed E-state index contributed by atoms with van der Waals surface area (Å²) in [6.07, 6.45) is -1.49. The first-order chi connectivity index (χ1) is 9.95. The van der Waals surface area contributed by atoms with Crippen molar-refractivity contribution < 1.29 is 13.2 Å². The minimum absolute atomic E-state index is 0.174. The number of halogens is 3. The summed E-state index contributed by atoms with van der Waals surface area (Å²) in [5.41, 5.74) is -0.474. The number of aromatic nitrogens is 3. The molecular formula is C14H8F3N3O. The summed E-state index contributed by atoms with van der Waals surface area (Å²) >= 11 is 0. The number of nitrogens with one attached hydrogen (secondary N) is 1. The molecule has 1 N–H and O–H groups in total. The van der Waals surface area contributed by atoms with Gasteiger partial charge in [0.1, 0.15) is 0 Å². The number of pyridine rings is 1. The molecule has 2 heterocycles. The first-order valence-electron chi connectivity index (χ1n) is 5.97. The van der Waals surface area contributed by atoms with Gasteiger partial charge >= 0.3 is 11.9 Å². The molecule has 0 spiro atoms. The molecule has 7 heteroatoms. The fourth-order valence-electron chi connectivity index (χ4n) is 2.05. The van der Waals surface area contributed by atoms with E-state index in [1.54, 1.807) is 12.1 Å². The zero-order valence-corrected chi connectivity index (χ0v) is 10.5. The summed E-state index contributed by atoms with van der Waals surface area (Å²) in [4.78, 5) is 21.6. The van der Waals surface area contributed by atoms with Gasteiger partial charge < -0.3 is 4.98 Å². The molecule has 0 aliphatic rings. The Hall–Kier alpha value is -2.70. The Balaban J connectivity index is 2.35. The summed E-state index contributed by atoms with van der Waals surface area (Å²) in [5.74, 6) is 0. The molecule has 0 saturated heterocycles. The predicted molar refractivity (Wildman–Crippen MR) is 70.6 cm³/mol. The van der Waals surface area contributed by atoms with Crippen LogP contribution in [-0.4, -0.2) is 15.0 Å². The lowest BCUT2D eigenvalue weighted by Crippen LogP contribution is -2.12. The van der Waals surface area contributed by atoms with Crippen molar-refractivity contribution in [2.24, 2.45) is 0 Å². The number of hydrogen-bond acceptors (Lipinski definition) is 3. The highest BCUT2D eigenvalue weighted by Gasteiger charge is 2.30. The van der Waals surface area contributed by atoms with E-state index >= 15 is 0 Å². The third-order valence-electron chi connectivity index (χ3n) is 2.99. The summed E-state index contributed by atoms with van der Waals surface area (Å²) in [5, 5.41) is 0.220. The standard InChI is InChI=1S/C14H8F3N3O/c15-14(16,17)9-3-4-11-10(6-9)12(20-13(21)19-11)8-2-1-5-18-7-8/h1-7H,(H,19,20,21). The fourth-order valence-corrected chi connectivity index (χ4v) is 2.05. The van der Waals surface area contributed by atoms with Crippen LogP contribution in [0.15, 0.2) is 47.5 Å². The van der Waals surface area contributed by atoms with Crippen molar-refractivity contribution in [2.75, 3.05) is 0 Å². The predicted octanol–water partition coefficient (Wildman–Crippen LogP) is 3.00. The second kappa shape index (κ2) is 4.69. The van der Waals surface area contributed by atoms with E-state index in [0.717, 1.165) is 12.1 Å². The van der Waals surface area contributed by atoms with Gasteiger partial charge in [-0.3, -0.25) is 4.98 Å². The van der Waals surface area contributed by atoms with Gasteiger partial charge in [0.05, 0.1) is 16.8 Å². The summed E-state index contributed by atoms with van der Waals surface area (Å²) in [7, 11) is 0. The SMILES string of the molecule is O=c1nc(-c2cccnc2)c2cc(C(F)(F)F)ccc2[nH]1. The molecule has 21 heavy (non-hydrogen) atoms. The van der Waals surface area contributed by atoms with Gasteiger partial charge in [0.15, 0.2) is 0 Å². The molecule has 0 aliphatic heterocycles. The van der Waals surface area contributed by atoms with Crippen LogP contribution in [-0.2, 0) is 6.18 Å². The topological polar surface area (TPSA) is 58.6 Å². The van der Waals surface area contributed by atoms with Crippen molar-refractivity contribution in [3.8, 4) is 11.3 Å². The van der Waals surface area contributed by atoms with Crippen LogP contribution < -0.4 is 5.69 Å². The fraction of sp³-hybridized carbons (Fsp3) is 0.0714. The quantitative estimate of drug-likeness (QED) is 0.749. The van der Waals surface area contributed by atoms with Gasteiger partial charge in [-0.2, -0.15) is 18.2 Å². The van der Waals surface area contributed by atoms with Gasteiger partial charge in [-0.15, -0.1) is 0 Å². The van der Waals surface area contributed by atoms with Crippen molar-refractivity contribution in [3.05, 3.63) is 58.8 Å². The van der Waals surface area contributed by atoms with E-state index in [1.165, 1.54) is 18.5 Å². The molecule has 0 aliphatic carbocycles. The summed E-state index contributed by atoms with van der Waals surface area (Å²) < 4.78 is 38.5. The Bertz CT molecular complexity index is 857. The van der Waals surface area contributed by atoms with E-state index in [0.29, 0.717) is 11.1 Å². The van der Waals surface area contributed by atoms with Gasteiger partial charge in [0.25, 0.3) is 0 Å². The van der Waals surface area contributed by atoms with Crippen LogP contribution >= 0.6 is 0 Å². The average Bonchev–Trinajstić information content (AvgIpc) is 2.46. The lowest BCUT2D eigenvalue weighted by atomic mass is 10.1. The molecule has 4 nitrogen and oxygen atoms in total. The van der Waals surface area contributed by atoms with E-state index in [1.807, 2.05) is 0 Å². The third-order valence-corrected chi connectivity index (χ3v) is 2.99. The van der Waals surface area contributed by atoms with Crippen molar-refractivity contribution in [2.45, 2.75) is 6.18 Å². The maximum Gasteiger partial charge on any atom is 0.416 e. The van der Waals surface area contributed by atoms with E-state index in [9.17, 15) is 18.0 Å². The highest BCUT2D eigenvalue weighted by atomic mass is 19.4. The van der Waals surface area contributed by atoms with E-state index < -0.39 is 17.4 Å². The molecule has 0 radical (unpaired) electrons. The van der Waals surface area contributed by atoms with Crippen LogP contribution in [0.5, 0.6) is 0 Å². The van der Waals surface area contributed by atoms with Crippen molar-refractivity contribution in [1.29, 1.82) is 0 Å². The van der Waals surface area contributed by atoms with Gasteiger partial charge in [0, 0.05) is 23.3 Å². The number of benzene rings is 1. The van der Waals surface area contributed by atoms with Gasteiger partial charge in [-0.25, -0.2) is 4.79 Å². The molecule has 0 unspecified atom stereocenters. The second-order valence-corrected chi connectivity index (χ2v) is 4.39. The summed E-state index contributed by atoms with van der Waals surface area (Å²) in [6.45, 7) is 0. The molecule has 0 fully saturated rings. The molecule has 0 amide bonds. The highest BCUT2D eigenvalue weighted by molar-refractivity contribution is 5.92. The van der Waals surface area contributed by atoms with E-state index in [-0.39, 0.29) is 11.1 Å². The number of nitrogens with zero attached hydrogens (tertiary/aromatic N) is 2. The second-order valence-electron chi connectivity index (χ2n) is 4.39. The number of fused-ring (bicyclic) bond motifs is 1. The molecule has 0 bridgehead atoms. The minimum atomic E-state index is -4.46. The molecule has 0 atom stereocenters. The molecular weight excluding hydrogens is 283 g/mol. The molecule has 2 aromatic heterocycles. The first-order valence-corrected chi connectivity index (χ1v) is 5.97.